The van der Waals surface area contributed by atoms with E-state index in [1.54, 1.807) is 37.2 Å². The maximum Gasteiger partial charge on any atom is 0.161 e. The van der Waals surface area contributed by atoms with Gasteiger partial charge in [0, 0.05) is 5.56 Å². The highest BCUT2D eigenvalue weighted by molar-refractivity contribution is 5.97. The molecule has 1 aromatic carbocycles. The smallest absolute Gasteiger partial charge is 0.161 e. The predicted octanol–water partition coefficient (Wildman–Crippen LogP) is 2.08. The van der Waals surface area contributed by atoms with Crippen molar-refractivity contribution in [1.82, 2.24) is 9.78 Å². The Hall–Kier alpha value is -2.10. The highest BCUT2D eigenvalue weighted by Gasteiger charge is 2.09. The summed E-state index contributed by atoms with van der Waals surface area (Å²) in [6, 6.07) is 7.34. The van der Waals surface area contributed by atoms with Gasteiger partial charge in [-0.05, 0) is 19.1 Å². The first-order chi connectivity index (χ1) is 7.72. The number of aromatic nitrogens is 2. The van der Waals surface area contributed by atoms with Crippen molar-refractivity contribution in [2.75, 3.05) is 7.11 Å². The van der Waals surface area contributed by atoms with Gasteiger partial charge in [0.1, 0.15) is 0 Å². The molecule has 0 aliphatic carbocycles. The minimum atomic E-state index is 0.0186. The Bertz CT molecular complexity index is 517. The fourth-order valence-electron chi connectivity index (χ4n) is 1.51. The van der Waals surface area contributed by atoms with Gasteiger partial charge in [0.05, 0.1) is 25.2 Å². The molecule has 4 nitrogen and oxygen atoms in total. The average Bonchev–Trinajstić information content (AvgIpc) is 2.77. The molecular weight excluding hydrogens is 204 g/mol. The fraction of sp³-hybridized carbons (Fsp3) is 0.167. The summed E-state index contributed by atoms with van der Waals surface area (Å²) < 4.78 is 6.68. The van der Waals surface area contributed by atoms with Crippen LogP contribution in [0.2, 0.25) is 0 Å². The van der Waals surface area contributed by atoms with Gasteiger partial charge in [0.15, 0.2) is 11.5 Å². The Morgan fingerprint density at radius 2 is 2.12 bits per heavy atom. The van der Waals surface area contributed by atoms with Crippen LogP contribution in [0.25, 0.3) is 5.69 Å². The first-order valence-corrected chi connectivity index (χ1v) is 4.91. The van der Waals surface area contributed by atoms with Crippen LogP contribution in [-0.2, 0) is 0 Å². The van der Waals surface area contributed by atoms with Crippen LogP contribution in [0.5, 0.6) is 5.75 Å². The summed E-state index contributed by atoms with van der Waals surface area (Å²) >= 11 is 0. The van der Waals surface area contributed by atoms with E-state index in [4.69, 9.17) is 4.74 Å². The van der Waals surface area contributed by atoms with E-state index in [2.05, 4.69) is 5.10 Å². The molecule has 0 amide bonds. The molecule has 0 fully saturated rings. The van der Waals surface area contributed by atoms with Gasteiger partial charge in [-0.2, -0.15) is 5.10 Å². The number of para-hydroxylation sites is 1. The zero-order valence-corrected chi connectivity index (χ0v) is 9.18. The van der Waals surface area contributed by atoms with Crippen molar-refractivity contribution in [2.45, 2.75) is 6.92 Å². The van der Waals surface area contributed by atoms with Gasteiger partial charge >= 0.3 is 0 Å². The van der Waals surface area contributed by atoms with Gasteiger partial charge in [-0.25, -0.2) is 4.68 Å². The quantitative estimate of drug-likeness (QED) is 0.738. The summed E-state index contributed by atoms with van der Waals surface area (Å²) in [5.74, 6) is 0.684. The Labute approximate surface area is 93.5 Å². The minimum Gasteiger partial charge on any atom is -0.493 e. The molecule has 1 heterocycles. The SMILES string of the molecule is COc1cnn(-c2ccccc2C(C)=O)c1. The van der Waals surface area contributed by atoms with Gasteiger partial charge in [-0.3, -0.25) is 4.79 Å². The largest absolute Gasteiger partial charge is 0.493 e. The lowest BCUT2D eigenvalue weighted by atomic mass is 10.1. The standard InChI is InChI=1S/C12H12N2O2/c1-9(15)11-5-3-4-6-12(11)14-8-10(16-2)7-13-14/h3-8H,1-2H3. The van der Waals surface area contributed by atoms with Crippen LogP contribution in [-0.4, -0.2) is 22.7 Å². The van der Waals surface area contributed by atoms with Gasteiger partial charge < -0.3 is 4.74 Å². The van der Waals surface area contributed by atoms with Crippen LogP contribution in [0, 0.1) is 0 Å². The summed E-state index contributed by atoms with van der Waals surface area (Å²) in [6.07, 6.45) is 3.35. The van der Waals surface area contributed by atoms with Crippen LogP contribution in [0.4, 0.5) is 0 Å². The van der Waals surface area contributed by atoms with Crippen LogP contribution < -0.4 is 4.74 Å². The molecule has 82 valence electrons. The molecule has 0 bridgehead atoms. The number of methoxy groups -OCH3 is 1. The molecule has 0 unspecified atom stereocenters. The van der Waals surface area contributed by atoms with Gasteiger partial charge in [-0.1, -0.05) is 12.1 Å². The van der Waals surface area contributed by atoms with Crippen LogP contribution >= 0.6 is 0 Å². The normalized spacial score (nSPS) is 10.1. The van der Waals surface area contributed by atoms with E-state index in [-0.39, 0.29) is 5.78 Å². The Balaban J connectivity index is 2.50. The lowest BCUT2D eigenvalue weighted by Crippen LogP contribution is -2.03. The number of carbonyl (C=O) groups is 1. The molecule has 4 heteroatoms. The molecule has 0 radical (unpaired) electrons. The highest BCUT2D eigenvalue weighted by Crippen LogP contribution is 2.17. The molecule has 1 aromatic heterocycles. The molecule has 0 saturated heterocycles. The number of benzene rings is 1. The van der Waals surface area contributed by atoms with Gasteiger partial charge in [0.25, 0.3) is 0 Å². The topological polar surface area (TPSA) is 44.1 Å². The van der Waals surface area contributed by atoms with Crippen molar-refractivity contribution in [3.05, 3.63) is 42.2 Å². The molecule has 0 aliphatic rings. The van der Waals surface area contributed by atoms with E-state index < -0.39 is 0 Å². The molecule has 0 N–H and O–H groups in total. The second-order valence-corrected chi connectivity index (χ2v) is 3.40. The van der Waals surface area contributed by atoms with Gasteiger partial charge in [-0.15, -0.1) is 0 Å². The summed E-state index contributed by atoms with van der Waals surface area (Å²) in [6.45, 7) is 1.54. The average molecular weight is 216 g/mol. The number of ketones is 1. The summed E-state index contributed by atoms with van der Waals surface area (Å²) in [7, 11) is 1.58. The number of carbonyl (C=O) groups excluding carboxylic acids is 1. The first-order valence-electron chi connectivity index (χ1n) is 4.91. The van der Waals surface area contributed by atoms with Crippen molar-refractivity contribution < 1.29 is 9.53 Å². The van der Waals surface area contributed by atoms with Crippen molar-refractivity contribution in [3.63, 3.8) is 0 Å². The van der Waals surface area contributed by atoms with Crippen molar-refractivity contribution in [1.29, 1.82) is 0 Å². The number of hydrogen-bond acceptors (Lipinski definition) is 3. The molecule has 2 rings (SSSR count). The summed E-state index contributed by atoms with van der Waals surface area (Å²) in [5, 5.41) is 4.14. The maximum absolute atomic E-state index is 11.4. The third kappa shape index (κ3) is 1.82. The molecule has 16 heavy (non-hydrogen) atoms. The van der Waals surface area contributed by atoms with Crippen molar-refractivity contribution in [2.24, 2.45) is 0 Å². The van der Waals surface area contributed by atoms with E-state index in [1.165, 1.54) is 0 Å². The maximum atomic E-state index is 11.4. The van der Waals surface area contributed by atoms with Gasteiger partial charge in [0.2, 0.25) is 0 Å². The Morgan fingerprint density at radius 1 is 1.38 bits per heavy atom. The monoisotopic (exact) mass is 216 g/mol. The van der Waals surface area contributed by atoms with Crippen molar-refractivity contribution >= 4 is 5.78 Å². The molecule has 0 aliphatic heterocycles. The third-order valence-corrected chi connectivity index (χ3v) is 2.32. The molecule has 0 spiro atoms. The number of hydrogen-bond donors (Lipinski definition) is 0. The van der Waals surface area contributed by atoms with E-state index in [9.17, 15) is 4.79 Å². The van der Waals surface area contributed by atoms with Crippen molar-refractivity contribution in [3.8, 4) is 11.4 Å². The zero-order valence-electron chi connectivity index (χ0n) is 9.18. The number of rotatable bonds is 3. The lowest BCUT2D eigenvalue weighted by molar-refractivity contribution is 0.101. The predicted molar refractivity (Wildman–Crippen MR) is 60.1 cm³/mol. The number of ether oxygens (including phenoxy) is 1. The first kappa shape index (κ1) is 10.4. The molecule has 2 aromatic rings. The number of nitrogens with zero attached hydrogens (tertiary/aromatic N) is 2. The van der Waals surface area contributed by atoms with Crippen LogP contribution in [0.1, 0.15) is 17.3 Å². The summed E-state index contributed by atoms with van der Waals surface area (Å²) in [5.41, 5.74) is 1.41. The van der Waals surface area contributed by atoms with E-state index >= 15 is 0 Å². The fourth-order valence-corrected chi connectivity index (χ4v) is 1.51. The highest BCUT2D eigenvalue weighted by atomic mass is 16.5. The molecule has 0 atom stereocenters. The minimum absolute atomic E-state index is 0.0186. The second kappa shape index (κ2) is 4.18. The van der Waals surface area contributed by atoms with E-state index in [1.807, 2.05) is 18.2 Å². The third-order valence-electron chi connectivity index (χ3n) is 2.32. The second-order valence-electron chi connectivity index (χ2n) is 3.40. The molecular formula is C12H12N2O2. The van der Waals surface area contributed by atoms with E-state index in [0.29, 0.717) is 11.3 Å². The summed E-state index contributed by atoms with van der Waals surface area (Å²) in [4.78, 5) is 11.4. The van der Waals surface area contributed by atoms with Crippen LogP contribution in [0.3, 0.4) is 0 Å². The lowest BCUT2D eigenvalue weighted by Gasteiger charge is -2.05. The zero-order chi connectivity index (χ0) is 11.5. The van der Waals surface area contributed by atoms with Crippen LogP contribution in [0.15, 0.2) is 36.7 Å². The molecule has 0 saturated carbocycles. The Morgan fingerprint density at radius 3 is 2.75 bits per heavy atom. The Kier molecular flexibility index (Phi) is 2.72. The number of Topliss-reactive ketones (excluding diaryl/α,β-unsaturated/α-hetero) is 1. The van der Waals surface area contributed by atoms with E-state index in [0.717, 1.165) is 5.69 Å².